The van der Waals surface area contributed by atoms with E-state index in [1.54, 1.807) is 12.4 Å². The summed E-state index contributed by atoms with van der Waals surface area (Å²) in [6, 6.07) is 5.66. The van der Waals surface area contributed by atoms with E-state index < -0.39 is 42.5 Å². The highest BCUT2D eigenvalue weighted by atomic mass is 19.3. The van der Waals surface area contributed by atoms with Gasteiger partial charge in [0, 0.05) is 57.1 Å². The normalized spacial score (nSPS) is 17.9. The van der Waals surface area contributed by atoms with Crippen LogP contribution in [0.25, 0.3) is 0 Å². The minimum Gasteiger partial charge on any atom is -0.444 e. The molecular weight excluding hydrogens is 524 g/mol. The molecule has 2 amide bonds. The number of carbonyl (C=O) groups excluding carboxylic acids is 3. The van der Waals surface area contributed by atoms with Crippen molar-refractivity contribution in [2.45, 2.75) is 31.9 Å². The van der Waals surface area contributed by atoms with Gasteiger partial charge < -0.3 is 15.0 Å². The smallest absolute Gasteiger partial charge is 0.414 e. The molecule has 39 heavy (non-hydrogen) atoms. The average Bonchev–Trinajstić information content (AvgIpc) is 3.11. The van der Waals surface area contributed by atoms with Crippen molar-refractivity contribution in [3.63, 3.8) is 0 Å². The summed E-state index contributed by atoms with van der Waals surface area (Å²) in [5, 5.41) is 4.46. The van der Waals surface area contributed by atoms with E-state index in [4.69, 9.17) is 4.74 Å². The standard InChI is InChI=1S/C25H28F4N6O4/c26-19-11-17(34-15-18(39-25(34)38)1-2-21(36)24(28)29)12-20(27)23(19)33-8-7-32-35(10-9-33)22(37)14-31-13-16-3-5-30-6-4-16/h3-6,11-12,18,24,31-32H,1-2,7-10,13-15H2/t18-/m0/s1. The molecule has 2 N–H and O–H groups in total. The zero-order valence-electron chi connectivity index (χ0n) is 20.9. The molecule has 2 aromatic rings. The first-order chi connectivity index (χ1) is 18.7. The third-order valence-electron chi connectivity index (χ3n) is 6.39. The molecule has 10 nitrogen and oxygen atoms in total. The van der Waals surface area contributed by atoms with Gasteiger partial charge in [-0.05, 0) is 24.1 Å². The quantitative estimate of drug-likeness (QED) is 0.433. The monoisotopic (exact) mass is 552 g/mol. The van der Waals surface area contributed by atoms with Gasteiger partial charge in [-0.2, -0.15) is 0 Å². The number of ketones is 1. The number of hydrogen-bond donors (Lipinski definition) is 2. The van der Waals surface area contributed by atoms with Gasteiger partial charge in [0.25, 0.3) is 12.3 Å². The van der Waals surface area contributed by atoms with Crippen LogP contribution in [0.1, 0.15) is 18.4 Å². The summed E-state index contributed by atoms with van der Waals surface area (Å²) in [6.45, 7) is 1.22. The molecule has 0 unspecified atom stereocenters. The number of hydrogen-bond acceptors (Lipinski definition) is 8. The molecular formula is C25H28F4N6O4. The van der Waals surface area contributed by atoms with Crippen LogP contribution in [0.4, 0.5) is 33.7 Å². The lowest BCUT2D eigenvalue weighted by molar-refractivity contribution is -0.133. The zero-order valence-corrected chi connectivity index (χ0v) is 20.9. The van der Waals surface area contributed by atoms with E-state index in [1.807, 2.05) is 12.1 Å². The predicted molar refractivity (Wildman–Crippen MR) is 132 cm³/mol. The van der Waals surface area contributed by atoms with E-state index in [2.05, 4.69) is 15.7 Å². The van der Waals surface area contributed by atoms with E-state index in [9.17, 15) is 23.2 Å². The van der Waals surface area contributed by atoms with E-state index in [0.717, 1.165) is 22.6 Å². The summed E-state index contributed by atoms with van der Waals surface area (Å²) in [7, 11) is 0. The third kappa shape index (κ3) is 7.20. The van der Waals surface area contributed by atoms with Crippen LogP contribution in [0.15, 0.2) is 36.7 Å². The highest BCUT2D eigenvalue weighted by molar-refractivity contribution is 5.90. The summed E-state index contributed by atoms with van der Waals surface area (Å²) in [4.78, 5) is 42.4. The van der Waals surface area contributed by atoms with E-state index in [-0.39, 0.29) is 63.0 Å². The van der Waals surface area contributed by atoms with Gasteiger partial charge in [0.2, 0.25) is 0 Å². The second-order valence-electron chi connectivity index (χ2n) is 9.08. The van der Waals surface area contributed by atoms with E-state index in [1.165, 1.54) is 9.91 Å². The molecule has 210 valence electrons. The number of ether oxygens (including phenoxy) is 1. The second kappa shape index (κ2) is 12.8. The Morgan fingerprint density at radius 2 is 1.85 bits per heavy atom. The number of benzene rings is 1. The van der Waals surface area contributed by atoms with Gasteiger partial charge in [-0.25, -0.2) is 27.8 Å². The maximum absolute atomic E-state index is 15.1. The Labute approximate surface area is 221 Å². The van der Waals surface area contributed by atoms with Crippen molar-refractivity contribution in [2.75, 3.05) is 49.1 Å². The number of nitrogens with one attached hydrogen (secondary N) is 2. The lowest BCUT2D eigenvalue weighted by Crippen LogP contribution is -2.47. The third-order valence-corrected chi connectivity index (χ3v) is 6.39. The Morgan fingerprint density at radius 3 is 2.54 bits per heavy atom. The number of Topliss-reactive ketones (excluding diaryl/α,β-unsaturated/α-hetero) is 1. The molecule has 1 atom stereocenters. The summed E-state index contributed by atoms with van der Waals surface area (Å²) < 4.78 is 60.2. The summed E-state index contributed by atoms with van der Waals surface area (Å²) in [6.07, 6.45) is -2.13. The largest absolute Gasteiger partial charge is 0.444 e. The van der Waals surface area contributed by atoms with Crippen molar-refractivity contribution in [1.29, 1.82) is 0 Å². The highest BCUT2D eigenvalue weighted by Gasteiger charge is 2.34. The summed E-state index contributed by atoms with van der Waals surface area (Å²) in [5.41, 5.74) is 3.56. The van der Waals surface area contributed by atoms with Crippen LogP contribution in [-0.2, 0) is 20.9 Å². The Hall–Kier alpha value is -3.78. The van der Waals surface area contributed by atoms with Crippen LogP contribution in [-0.4, -0.2) is 79.6 Å². The number of halogens is 4. The lowest BCUT2D eigenvalue weighted by atomic mass is 10.1. The number of alkyl halides is 2. The molecule has 4 rings (SSSR count). The van der Waals surface area contributed by atoms with Crippen LogP contribution < -0.4 is 20.5 Å². The lowest BCUT2D eigenvalue weighted by Gasteiger charge is -2.25. The topological polar surface area (TPSA) is 107 Å². The van der Waals surface area contributed by atoms with Gasteiger partial charge >= 0.3 is 6.09 Å². The van der Waals surface area contributed by atoms with Gasteiger partial charge in [-0.15, -0.1) is 0 Å². The molecule has 0 spiro atoms. The molecule has 2 saturated heterocycles. The fraction of sp³-hybridized carbons (Fsp3) is 0.440. The SMILES string of the molecule is O=C(CC[C@H]1CN(c2cc(F)c(N3CCNN(C(=O)CNCc4ccncc4)CC3)c(F)c2)C(=O)O1)C(F)F. The van der Waals surface area contributed by atoms with Gasteiger partial charge in [0.1, 0.15) is 11.8 Å². The molecule has 0 bridgehead atoms. The predicted octanol–water partition coefficient (Wildman–Crippen LogP) is 2.24. The maximum Gasteiger partial charge on any atom is 0.414 e. The zero-order chi connectivity index (χ0) is 27.9. The van der Waals surface area contributed by atoms with Gasteiger partial charge in [0.15, 0.2) is 17.4 Å². The van der Waals surface area contributed by atoms with Crippen molar-refractivity contribution in [3.8, 4) is 0 Å². The molecule has 0 saturated carbocycles. The van der Waals surface area contributed by atoms with Crippen molar-refractivity contribution in [3.05, 3.63) is 53.9 Å². The number of amides is 2. The fourth-order valence-electron chi connectivity index (χ4n) is 4.38. The van der Waals surface area contributed by atoms with Crippen LogP contribution in [0.2, 0.25) is 0 Å². The highest BCUT2D eigenvalue weighted by Crippen LogP contribution is 2.31. The number of hydrazine groups is 1. The Morgan fingerprint density at radius 1 is 1.13 bits per heavy atom. The van der Waals surface area contributed by atoms with Crippen molar-refractivity contribution in [1.82, 2.24) is 20.7 Å². The number of aromatic nitrogens is 1. The molecule has 14 heteroatoms. The summed E-state index contributed by atoms with van der Waals surface area (Å²) >= 11 is 0. The van der Waals surface area contributed by atoms with Crippen LogP contribution >= 0.6 is 0 Å². The number of carbonyl (C=O) groups is 3. The minimum absolute atomic E-state index is 0.0654. The maximum atomic E-state index is 15.1. The van der Waals surface area contributed by atoms with Crippen LogP contribution in [0.3, 0.4) is 0 Å². The molecule has 2 aliphatic rings. The van der Waals surface area contributed by atoms with E-state index in [0.29, 0.717) is 6.54 Å². The van der Waals surface area contributed by atoms with Crippen molar-refractivity contribution >= 4 is 29.2 Å². The molecule has 0 aliphatic carbocycles. The van der Waals surface area contributed by atoms with Crippen LogP contribution in [0, 0.1) is 11.6 Å². The molecule has 1 aromatic heterocycles. The first kappa shape index (κ1) is 28.2. The first-order valence-corrected chi connectivity index (χ1v) is 12.4. The van der Waals surface area contributed by atoms with Gasteiger partial charge in [-0.1, -0.05) is 0 Å². The fourth-order valence-corrected chi connectivity index (χ4v) is 4.38. The number of nitrogens with zero attached hydrogens (tertiary/aromatic N) is 4. The molecule has 2 fully saturated rings. The first-order valence-electron chi connectivity index (χ1n) is 12.4. The average molecular weight is 553 g/mol. The van der Waals surface area contributed by atoms with Crippen molar-refractivity contribution in [2.24, 2.45) is 0 Å². The molecule has 2 aliphatic heterocycles. The van der Waals surface area contributed by atoms with Gasteiger partial charge in [0.05, 0.1) is 25.3 Å². The second-order valence-corrected chi connectivity index (χ2v) is 9.08. The molecule has 0 radical (unpaired) electrons. The summed E-state index contributed by atoms with van der Waals surface area (Å²) in [5.74, 6) is -3.31. The number of pyridine rings is 1. The number of rotatable bonds is 10. The van der Waals surface area contributed by atoms with Crippen molar-refractivity contribution < 1.29 is 36.7 Å². The Bertz CT molecular complexity index is 1170. The number of anilines is 2. The molecule has 1 aromatic carbocycles. The Balaban J connectivity index is 1.33. The van der Waals surface area contributed by atoms with Gasteiger partial charge in [-0.3, -0.25) is 24.5 Å². The Kier molecular flexibility index (Phi) is 9.30. The number of cyclic esters (lactones) is 1. The minimum atomic E-state index is -3.11. The van der Waals surface area contributed by atoms with E-state index >= 15 is 8.78 Å². The van der Waals surface area contributed by atoms with Crippen LogP contribution in [0.5, 0.6) is 0 Å². The molecule has 3 heterocycles.